The van der Waals surface area contributed by atoms with Crippen LogP contribution in [0, 0.1) is 0 Å². The van der Waals surface area contributed by atoms with Crippen LogP contribution in [-0.4, -0.2) is 25.8 Å². The molecule has 2 heteroatoms. The van der Waals surface area contributed by atoms with Gasteiger partial charge in [-0.05, 0) is 12.8 Å². The second-order valence-corrected chi connectivity index (χ2v) is 3.65. The number of rotatable bonds is 6. The van der Waals surface area contributed by atoms with Crippen molar-refractivity contribution >= 4 is 0 Å². The zero-order valence-electron chi connectivity index (χ0n) is 8.43. The van der Waals surface area contributed by atoms with Crippen molar-refractivity contribution in [3.63, 3.8) is 0 Å². The Morgan fingerprint density at radius 2 is 2.08 bits per heavy atom. The van der Waals surface area contributed by atoms with Gasteiger partial charge >= 0.3 is 0 Å². The Labute approximate surface area is 81.4 Å². The molecule has 0 radical (unpaired) electrons. The van der Waals surface area contributed by atoms with Crippen LogP contribution in [0.25, 0.3) is 0 Å². The van der Waals surface area contributed by atoms with Gasteiger partial charge in [0.05, 0.1) is 13.2 Å². The highest BCUT2D eigenvalue weighted by atomic mass is 16.5. The number of nitrogens with one attached hydrogen (secondary N) is 1. The lowest BCUT2D eigenvalue weighted by molar-refractivity contribution is 0.159. The van der Waals surface area contributed by atoms with Gasteiger partial charge in [-0.3, -0.25) is 0 Å². The maximum absolute atomic E-state index is 5.29. The van der Waals surface area contributed by atoms with E-state index in [1.54, 1.807) is 6.08 Å². The fourth-order valence-corrected chi connectivity index (χ4v) is 1.81. The number of hydrogen-bond acceptors (Lipinski definition) is 2. The molecule has 1 fully saturated rings. The molecule has 1 aliphatic carbocycles. The summed E-state index contributed by atoms with van der Waals surface area (Å²) in [6.07, 6.45) is 8.70. The van der Waals surface area contributed by atoms with Crippen LogP contribution in [-0.2, 0) is 4.74 Å². The van der Waals surface area contributed by atoms with E-state index < -0.39 is 0 Å². The summed E-state index contributed by atoms with van der Waals surface area (Å²) >= 11 is 0. The highest BCUT2D eigenvalue weighted by molar-refractivity contribution is 4.71. The monoisotopic (exact) mass is 183 g/mol. The standard InChI is InChI=1S/C11H21NO/c1-2-9-13-10-8-12-11-6-4-3-5-7-11/h2,11-12H,1,3-10H2. The predicted octanol–water partition coefficient (Wildman–Crippen LogP) is 2.11. The molecule has 1 aliphatic rings. The van der Waals surface area contributed by atoms with Crippen molar-refractivity contribution < 1.29 is 4.74 Å². The van der Waals surface area contributed by atoms with Gasteiger partial charge in [-0.25, -0.2) is 0 Å². The molecule has 1 N–H and O–H groups in total. The summed E-state index contributed by atoms with van der Waals surface area (Å²) in [6, 6.07) is 0.751. The van der Waals surface area contributed by atoms with Gasteiger partial charge in [-0.2, -0.15) is 0 Å². The van der Waals surface area contributed by atoms with Crippen molar-refractivity contribution in [1.82, 2.24) is 5.32 Å². The molecule has 0 spiro atoms. The van der Waals surface area contributed by atoms with Crippen LogP contribution in [0.5, 0.6) is 0 Å². The minimum atomic E-state index is 0.673. The first-order valence-corrected chi connectivity index (χ1v) is 5.35. The Bertz CT molecular complexity index is 130. The van der Waals surface area contributed by atoms with E-state index in [0.29, 0.717) is 6.61 Å². The minimum Gasteiger partial charge on any atom is -0.376 e. The third-order valence-electron chi connectivity index (χ3n) is 2.52. The predicted molar refractivity (Wildman–Crippen MR) is 55.9 cm³/mol. The first-order chi connectivity index (χ1) is 6.43. The molecule has 1 rings (SSSR count). The van der Waals surface area contributed by atoms with E-state index in [-0.39, 0.29) is 0 Å². The third kappa shape index (κ3) is 5.06. The summed E-state index contributed by atoms with van der Waals surface area (Å²) in [5.41, 5.74) is 0. The zero-order chi connectivity index (χ0) is 9.36. The molecule has 2 nitrogen and oxygen atoms in total. The second kappa shape index (κ2) is 7.10. The molecule has 0 bridgehead atoms. The largest absolute Gasteiger partial charge is 0.376 e. The smallest absolute Gasteiger partial charge is 0.0645 e. The Hall–Kier alpha value is -0.340. The van der Waals surface area contributed by atoms with Crippen LogP contribution in [0.2, 0.25) is 0 Å². The SMILES string of the molecule is C=CCOCCNC1CCCCC1. The second-order valence-electron chi connectivity index (χ2n) is 3.65. The lowest BCUT2D eigenvalue weighted by atomic mass is 9.96. The lowest BCUT2D eigenvalue weighted by Crippen LogP contribution is -2.33. The summed E-state index contributed by atoms with van der Waals surface area (Å²) < 4.78 is 5.29. The molecule has 0 saturated heterocycles. The van der Waals surface area contributed by atoms with Crippen LogP contribution in [0.15, 0.2) is 12.7 Å². The Morgan fingerprint density at radius 1 is 1.31 bits per heavy atom. The van der Waals surface area contributed by atoms with E-state index in [0.717, 1.165) is 19.2 Å². The van der Waals surface area contributed by atoms with Crippen LogP contribution in [0.1, 0.15) is 32.1 Å². The molecular weight excluding hydrogens is 162 g/mol. The maximum atomic E-state index is 5.29. The fraction of sp³-hybridized carbons (Fsp3) is 0.818. The van der Waals surface area contributed by atoms with Gasteiger partial charge < -0.3 is 10.1 Å². The molecule has 0 aromatic rings. The highest BCUT2D eigenvalue weighted by Crippen LogP contribution is 2.16. The van der Waals surface area contributed by atoms with Gasteiger partial charge in [0.25, 0.3) is 0 Å². The van der Waals surface area contributed by atoms with E-state index >= 15 is 0 Å². The third-order valence-corrected chi connectivity index (χ3v) is 2.52. The normalized spacial score (nSPS) is 18.8. The van der Waals surface area contributed by atoms with E-state index in [1.165, 1.54) is 32.1 Å². The average Bonchev–Trinajstić information content (AvgIpc) is 2.19. The fourth-order valence-electron chi connectivity index (χ4n) is 1.81. The van der Waals surface area contributed by atoms with Crippen molar-refractivity contribution in [3.8, 4) is 0 Å². The molecular formula is C11H21NO. The molecule has 0 aromatic carbocycles. The Kier molecular flexibility index (Phi) is 5.87. The molecule has 1 saturated carbocycles. The number of ether oxygens (including phenoxy) is 1. The number of hydrogen-bond donors (Lipinski definition) is 1. The topological polar surface area (TPSA) is 21.3 Å². The molecule has 0 amide bonds. The summed E-state index contributed by atoms with van der Waals surface area (Å²) in [5, 5.41) is 3.52. The lowest BCUT2D eigenvalue weighted by Gasteiger charge is -2.22. The van der Waals surface area contributed by atoms with Crippen molar-refractivity contribution in [1.29, 1.82) is 0 Å². The van der Waals surface area contributed by atoms with Gasteiger partial charge in [-0.15, -0.1) is 6.58 Å². The zero-order valence-corrected chi connectivity index (χ0v) is 8.43. The summed E-state index contributed by atoms with van der Waals surface area (Å²) in [7, 11) is 0. The quantitative estimate of drug-likeness (QED) is 0.503. The van der Waals surface area contributed by atoms with Gasteiger partial charge in [0.15, 0.2) is 0 Å². The molecule has 13 heavy (non-hydrogen) atoms. The molecule has 76 valence electrons. The summed E-state index contributed by atoms with van der Waals surface area (Å²) in [4.78, 5) is 0. The molecule has 0 atom stereocenters. The Morgan fingerprint density at radius 3 is 2.77 bits per heavy atom. The van der Waals surface area contributed by atoms with Crippen molar-refractivity contribution in [2.45, 2.75) is 38.1 Å². The van der Waals surface area contributed by atoms with Crippen LogP contribution in [0.3, 0.4) is 0 Å². The molecule has 0 aromatic heterocycles. The molecule has 0 heterocycles. The van der Waals surface area contributed by atoms with Crippen LogP contribution < -0.4 is 5.32 Å². The van der Waals surface area contributed by atoms with Crippen LogP contribution in [0.4, 0.5) is 0 Å². The summed E-state index contributed by atoms with van der Waals surface area (Å²) in [5.74, 6) is 0. The minimum absolute atomic E-state index is 0.673. The first-order valence-electron chi connectivity index (χ1n) is 5.35. The molecule has 0 unspecified atom stereocenters. The van der Waals surface area contributed by atoms with Gasteiger partial charge in [-0.1, -0.05) is 25.3 Å². The van der Waals surface area contributed by atoms with Gasteiger partial charge in [0.1, 0.15) is 0 Å². The highest BCUT2D eigenvalue weighted by Gasteiger charge is 2.11. The van der Waals surface area contributed by atoms with E-state index in [2.05, 4.69) is 11.9 Å². The van der Waals surface area contributed by atoms with E-state index in [1.807, 2.05) is 0 Å². The van der Waals surface area contributed by atoms with Gasteiger partial charge in [0, 0.05) is 12.6 Å². The molecule has 0 aliphatic heterocycles. The van der Waals surface area contributed by atoms with Crippen molar-refractivity contribution in [2.75, 3.05) is 19.8 Å². The summed E-state index contributed by atoms with van der Waals surface area (Å²) in [6.45, 7) is 6.07. The van der Waals surface area contributed by atoms with Crippen molar-refractivity contribution in [3.05, 3.63) is 12.7 Å². The van der Waals surface area contributed by atoms with Crippen molar-refractivity contribution in [2.24, 2.45) is 0 Å². The Balaban J connectivity index is 1.89. The van der Waals surface area contributed by atoms with Crippen LogP contribution >= 0.6 is 0 Å². The van der Waals surface area contributed by atoms with E-state index in [4.69, 9.17) is 4.74 Å². The van der Waals surface area contributed by atoms with Gasteiger partial charge in [0.2, 0.25) is 0 Å². The maximum Gasteiger partial charge on any atom is 0.0645 e. The first kappa shape index (κ1) is 10.7. The average molecular weight is 183 g/mol. The van der Waals surface area contributed by atoms with E-state index in [9.17, 15) is 0 Å².